The second kappa shape index (κ2) is 7.02. The number of rotatable bonds is 6. The number of hydrogen-bond acceptors (Lipinski definition) is 4. The fraction of sp³-hybridized carbons (Fsp3) is 0.167. The molecular formula is C18H18N2O2. The summed E-state index contributed by atoms with van der Waals surface area (Å²) in [6, 6.07) is 17.6. The van der Waals surface area contributed by atoms with Gasteiger partial charge in [-0.05, 0) is 35.9 Å². The minimum absolute atomic E-state index is 0.446. The van der Waals surface area contributed by atoms with Gasteiger partial charge in [0.15, 0.2) is 0 Å². The first-order chi connectivity index (χ1) is 10.8. The molecule has 0 aliphatic rings. The molecule has 0 amide bonds. The van der Waals surface area contributed by atoms with Crippen LogP contribution < -0.4 is 5.32 Å². The van der Waals surface area contributed by atoms with Crippen LogP contribution in [0.2, 0.25) is 0 Å². The van der Waals surface area contributed by atoms with Crippen molar-refractivity contribution in [1.82, 2.24) is 10.3 Å². The van der Waals surface area contributed by atoms with E-state index >= 15 is 0 Å². The molecule has 0 aliphatic carbocycles. The summed E-state index contributed by atoms with van der Waals surface area (Å²) in [4.78, 5) is 4.36. The highest BCUT2D eigenvalue weighted by molar-refractivity contribution is 5.59. The van der Waals surface area contributed by atoms with Crippen LogP contribution in [-0.4, -0.2) is 16.6 Å². The zero-order valence-electron chi connectivity index (χ0n) is 12.1. The summed E-state index contributed by atoms with van der Waals surface area (Å²) in [6.45, 7) is 1.12. The molecule has 2 heterocycles. The van der Waals surface area contributed by atoms with E-state index < -0.39 is 6.10 Å². The maximum atomic E-state index is 9.95. The van der Waals surface area contributed by atoms with Gasteiger partial charge >= 0.3 is 0 Å². The van der Waals surface area contributed by atoms with E-state index in [0.29, 0.717) is 18.8 Å². The van der Waals surface area contributed by atoms with Gasteiger partial charge in [-0.3, -0.25) is 4.98 Å². The van der Waals surface area contributed by atoms with E-state index in [4.69, 9.17) is 4.42 Å². The minimum Gasteiger partial charge on any atom is -0.467 e. The number of aliphatic hydroxyl groups is 1. The number of pyridine rings is 1. The molecule has 1 aromatic carbocycles. The van der Waals surface area contributed by atoms with E-state index in [1.807, 2.05) is 30.3 Å². The van der Waals surface area contributed by atoms with E-state index in [1.54, 1.807) is 24.6 Å². The predicted molar refractivity (Wildman–Crippen MR) is 85.0 cm³/mol. The fourth-order valence-corrected chi connectivity index (χ4v) is 2.31. The second-order valence-corrected chi connectivity index (χ2v) is 5.08. The average Bonchev–Trinajstić information content (AvgIpc) is 3.10. The van der Waals surface area contributed by atoms with Crippen molar-refractivity contribution in [1.29, 1.82) is 0 Å². The van der Waals surface area contributed by atoms with E-state index in [1.165, 1.54) is 0 Å². The first-order valence-electron chi connectivity index (χ1n) is 7.25. The third-order valence-corrected chi connectivity index (χ3v) is 3.43. The minimum atomic E-state index is -0.631. The van der Waals surface area contributed by atoms with Crippen LogP contribution in [0.4, 0.5) is 0 Å². The van der Waals surface area contributed by atoms with E-state index in [2.05, 4.69) is 22.4 Å². The number of nitrogens with one attached hydrogen (secondary N) is 1. The third-order valence-electron chi connectivity index (χ3n) is 3.43. The van der Waals surface area contributed by atoms with Gasteiger partial charge in [-0.1, -0.05) is 24.3 Å². The Balaban J connectivity index is 1.59. The molecule has 0 fully saturated rings. The number of aliphatic hydroxyl groups excluding tert-OH is 1. The smallest absolute Gasteiger partial charge is 0.133 e. The van der Waals surface area contributed by atoms with Crippen LogP contribution >= 0.6 is 0 Å². The summed E-state index contributed by atoms with van der Waals surface area (Å²) in [6.07, 6.45) is 2.73. The second-order valence-electron chi connectivity index (χ2n) is 5.08. The van der Waals surface area contributed by atoms with Gasteiger partial charge in [0.2, 0.25) is 0 Å². The highest BCUT2D eigenvalue weighted by Gasteiger charge is 2.09. The Labute approximate surface area is 129 Å². The van der Waals surface area contributed by atoms with Crippen molar-refractivity contribution < 1.29 is 9.52 Å². The first-order valence-corrected chi connectivity index (χ1v) is 7.25. The van der Waals surface area contributed by atoms with E-state index in [0.717, 1.165) is 16.8 Å². The highest BCUT2D eigenvalue weighted by Crippen LogP contribution is 2.18. The molecule has 0 radical (unpaired) electrons. The molecule has 2 aromatic heterocycles. The van der Waals surface area contributed by atoms with Gasteiger partial charge in [0.1, 0.15) is 11.9 Å². The Morgan fingerprint density at radius 2 is 2.05 bits per heavy atom. The molecule has 3 aromatic rings. The molecular weight excluding hydrogens is 276 g/mol. The monoisotopic (exact) mass is 294 g/mol. The molecule has 0 spiro atoms. The van der Waals surface area contributed by atoms with Crippen LogP contribution in [0.15, 0.2) is 71.5 Å². The van der Waals surface area contributed by atoms with Gasteiger partial charge in [0.05, 0.1) is 12.0 Å². The van der Waals surface area contributed by atoms with Crippen LogP contribution in [0.25, 0.3) is 11.3 Å². The predicted octanol–water partition coefficient (Wildman–Crippen LogP) is 3.16. The largest absolute Gasteiger partial charge is 0.467 e. The molecule has 112 valence electrons. The van der Waals surface area contributed by atoms with Crippen molar-refractivity contribution in [3.05, 3.63) is 78.4 Å². The molecule has 1 unspecified atom stereocenters. The van der Waals surface area contributed by atoms with E-state index in [9.17, 15) is 5.11 Å². The number of furan rings is 1. The Bertz CT molecular complexity index is 696. The van der Waals surface area contributed by atoms with Gasteiger partial charge in [0.25, 0.3) is 0 Å². The lowest BCUT2D eigenvalue weighted by atomic mass is 10.1. The van der Waals surface area contributed by atoms with Crippen molar-refractivity contribution >= 4 is 0 Å². The Hall–Kier alpha value is -2.43. The topological polar surface area (TPSA) is 58.3 Å². The normalized spacial score (nSPS) is 12.2. The number of hydrogen-bond donors (Lipinski definition) is 2. The summed E-state index contributed by atoms with van der Waals surface area (Å²) in [5.74, 6) is 0.578. The van der Waals surface area contributed by atoms with Crippen molar-refractivity contribution in [2.24, 2.45) is 0 Å². The van der Waals surface area contributed by atoms with Crippen molar-refractivity contribution in [3.8, 4) is 11.3 Å². The summed E-state index contributed by atoms with van der Waals surface area (Å²) in [7, 11) is 0. The van der Waals surface area contributed by atoms with Crippen LogP contribution in [0.3, 0.4) is 0 Å². The maximum absolute atomic E-state index is 9.95. The van der Waals surface area contributed by atoms with E-state index in [-0.39, 0.29) is 0 Å². The molecule has 1 atom stereocenters. The fourth-order valence-electron chi connectivity index (χ4n) is 2.31. The standard InChI is InChI=1S/C18H18N2O2/c21-17(18-8-4-10-22-18)13-19-12-14-5-3-6-15(11-14)16-7-1-2-9-20-16/h1-11,17,19,21H,12-13H2. The van der Waals surface area contributed by atoms with Crippen molar-refractivity contribution in [3.63, 3.8) is 0 Å². The van der Waals surface area contributed by atoms with Crippen molar-refractivity contribution in [2.45, 2.75) is 12.6 Å². The summed E-state index contributed by atoms with van der Waals surface area (Å²) >= 11 is 0. The Morgan fingerprint density at radius 1 is 1.09 bits per heavy atom. The molecule has 0 bridgehead atoms. The molecule has 22 heavy (non-hydrogen) atoms. The quantitative estimate of drug-likeness (QED) is 0.733. The lowest BCUT2D eigenvalue weighted by Crippen LogP contribution is -2.20. The molecule has 3 rings (SSSR count). The first kappa shape index (κ1) is 14.5. The van der Waals surface area contributed by atoms with Gasteiger partial charge in [0, 0.05) is 24.8 Å². The van der Waals surface area contributed by atoms with Gasteiger partial charge < -0.3 is 14.8 Å². The lowest BCUT2D eigenvalue weighted by molar-refractivity contribution is 0.147. The van der Waals surface area contributed by atoms with Gasteiger partial charge in [-0.25, -0.2) is 0 Å². The third kappa shape index (κ3) is 3.61. The number of benzene rings is 1. The SMILES string of the molecule is OC(CNCc1cccc(-c2ccccn2)c1)c1ccco1. The lowest BCUT2D eigenvalue weighted by Gasteiger charge is -2.10. The zero-order valence-corrected chi connectivity index (χ0v) is 12.1. The van der Waals surface area contributed by atoms with Crippen LogP contribution in [0.1, 0.15) is 17.4 Å². The zero-order chi connectivity index (χ0) is 15.2. The maximum Gasteiger partial charge on any atom is 0.133 e. The summed E-state index contributed by atoms with van der Waals surface area (Å²) < 4.78 is 5.18. The van der Waals surface area contributed by atoms with Gasteiger partial charge in [-0.15, -0.1) is 0 Å². The average molecular weight is 294 g/mol. The Kier molecular flexibility index (Phi) is 4.63. The Morgan fingerprint density at radius 3 is 2.82 bits per heavy atom. The van der Waals surface area contributed by atoms with Crippen LogP contribution in [0.5, 0.6) is 0 Å². The summed E-state index contributed by atoms with van der Waals surface area (Å²) in [5, 5.41) is 13.2. The molecule has 2 N–H and O–H groups in total. The molecule has 0 saturated heterocycles. The van der Waals surface area contributed by atoms with Crippen molar-refractivity contribution in [2.75, 3.05) is 6.54 Å². The number of aromatic nitrogens is 1. The number of nitrogens with zero attached hydrogens (tertiary/aromatic N) is 1. The van der Waals surface area contributed by atoms with Gasteiger partial charge in [-0.2, -0.15) is 0 Å². The van der Waals surface area contributed by atoms with Crippen LogP contribution in [-0.2, 0) is 6.54 Å². The molecule has 4 heteroatoms. The van der Waals surface area contributed by atoms with Crippen LogP contribution in [0, 0.1) is 0 Å². The highest BCUT2D eigenvalue weighted by atomic mass is 16.4. The summed E-state index contributed by atoms with van der Waals surface area (Å²) in [5.41, 5.74) is 3.20. The molecule has 4 nitrogen and oxygen atoms in total. The molecule has 0 aliphatic heterocycles. The molecule has 0 saturated carbocycles.